The van der Waals surface area contributed by atoms with Crippen molar-refractivity contribution in [2.45, 2.75) is 39.5 Å². The van der Waals surface area contributed by atoms with Gasteiger partial charge in [-0.1, -0.05) is 33.1 Å². The first kappa shape index (κ1) is 15.3. The standard InChI is InChI=1S/C14H21BrIN/c1-3-5-6-11(4-2)10-17-14-9-12(16)7-8-13(14)15/h7-9,11,17H,3-6,10H2,1-2H3. The van der Waals surface area contributed by atoms with Gasteiger partial charge in [0.15, 0.2) is 0 Å². The lowest BCUT2D eigenvalue weighted by Gasteiger charge is -2.17. The second-order valence-corrected chi connectivity index (χ2v) is 6.52. The molecule has 0 bridgehead atoms. The van der Waals surface area contributed by atoms with Crippen molar-refractivity contribution < 1.29 is 0 Å². The van der Waals surface area contributed by atoms with E-state index in [9.17, 15) is 0 Å². The predicted octanol–water partition coefficient (Wildman–Crippen LogP) is 5.68. The van der Waals surface area contributed by atoms with Crippen molar-refractivity contribution in [2.24, 2.45) is 5.92 Å². The molecular weight excluding hydrogens is 389 g/mol. The molecule has 0 aliphatic rings. The highest BCUT2D eigenvalue weighted by Crippen LogP contribution is 2.25. The fourth-order valence-electron chi connectivity index (χ4n) is 1.83. The lowest BCUT2D eigenvalue weighted by Crippen LogP contribution is -2.14. The Morgan fingerprint density at radius 3 is 2.76 bits per heavy atom. The molecule has 0 aliphatic heterocycles. The van der Waals surface area contributed by atoms with Crippen molar-refractivity contribution in [3.63, 3.8) is 0 Å². The van der Waals surface area contributed by atoms with Gasteiger partial charge in [0.2, 0.25) is 0 Å². The SMILES string of the molecule is CCCCC(CC)CNc1cc(I)ccc1Br. The van der Waals surface area contributed by atoms with E-state index in [1.807, 2.05) is 0 Å². The molecule has 1 aromatic rings. The molecule has 0 heterocycles. The third-order valence-corrected chi connectivity index (χ3v) is 4.42. The normalized spacial score (nSPS) is 12.5. The largest absolute Gasteiger partial charge is 0.384 e. The second kappa shape index (κ2) is 8.35. The molecule has 1 N–H and O–H groups in total. The maximum atomic E-state index is 3.59. The van der Waals surface area contributed by atoms with Gasteiger partial charge in [-0.15, -0.1) is 0 Å². The van der Waals surface area contributed by atoms with Gasteiger partial charge >= 0.3 is 0 Å². The molecule has 0 radical (unpaired) electrons. The molecular formula is C14H21BrIN. The topological polar surface area (TPSA) is 12.0 Å². The summed E-state index contributed by atoms with van der Waals surface area (Å²) in [6.45, 7) is 5.62. The Balaban J connectivity index is 2.50. The van der Waals surface area contributed by atoms with Crippen LogP contribution in [0.15, 0.2) is 22.7 Å². The van der Waals surface area contributed by atoms with Crippen LogP contribution in [-0.4, -0.2) is 6.54 Å². The highest BCUT2D eigenvalue weighted by molar-refractivity contribution is 14.1. The fraction of sp³-hybridized carbons (Fsp3) is 0.571. The third kappa shape index (κ3) is 5.60. The monoisotopic (exact) mass is 409 g/mol. The average molecular weight is 410 g/mol. The van der Waals surface area contributed by atoms with Crippen LogP contribution in [0.4, 0.5) is 5.69 Å². The van der Waals surface area contributed by atoms with Crippen LogP contribution in [0.25, 0.3) is 0 Å². The Morgan fingerprint density at radius 1 is 1.35 bits per heavy atom. The molecule has 3 heteroatoms. The number of unbranched alkanes of at least 4 members (excludes halogenated alkanes) is 1. The van der Waals surface area contributed by atoms with Gasteiger partial charge in [0, 0.05) is 20.3 Å². The highest BCUT2D eigenvalue weighted by atomic mass is 127. The number of hydrogen-bond acceptors (Lipinski definition) is 1. The van der Waals surface area contributed by atoms with Crippen molar-refractivity contribution in [1.82, 2.24) is 0 Å². The number of anilines is 1. The second-order valence-electron chi connectivity index (χ2n) is 4.42. The molecule has 0 aliphatic carbocycles. The minimum atomic E-state index is 0.791. The smallest absolute Gasteiger partial charge is 0.0495 e. The van der Waals surface area contributed by atoms with E-state index in [0.29, 0.717) is 0 Å². The van der Waals surface area contributed by atoms with E-state index in [-0.39, 0.29) is 0 Å². The van der Waals surface area contributed by atoms with E-state index in [1.165, 1.54) is 34.9 Å². The van der Waals surface area contributed by atoms with Crippen LogP contribution in [0.5, 0.6) is 0 Å². The van der Waals surface area contributed by atoms with Gasteiger partial charge < -0.3 is 5.32 Å². The third-order valence-electron chi connectivity index (χ3n) is 3.05. The molecule has 0 saturated carbocycles. The summed E-state index contributed by atoms with van der Waals surface area (Å²) >= 11 is 5.94. The highest BCUT2D eigenvalue weighted by Gasteiger charge is 2.07. The molecule has 1 atom stereocenters. The van der Waals surface area contributed by atoms with Gasteiger partial charge in [-0.25, -0.2) is 0 Å². The maximum absolute atomic E-state index is 3.59. The molecule has 17 heavy (non-hydrogen) atoms. The average Bonchev–Trinajstić information content (AvgIpc) is 2.33. The quantitative estimate of drug-likeness (QED) is 0.571. The van der Waals surface area contributed by atoms with Gasteiger partial charge in [0.1, 0.15) is 0 Å². The molecule has 1 aromatic carbocycles. The summed E-state index contributed by atoms with van der Waals surface area (Å²) in [6.07, 6.45) is 5.23. The fourth-order valence-corrected chi connectivity index (χ4v) is 2.71. The van der Waals surface area contributed by atoms with E-state index in [0.717, 1.165) is 16.9 Å². The Hall–Kier alpha value is 0.230. The molecule has 0 aromatic heterocycles. The van der Waals surface area contributed by atoms with Crippen LogP contribution >= 0.6 is 38.5 Å². The lowest BCUT2D eigenvalue weighted by molar-refractivity contribution is 0.473. The van der Waals surface area contributed by atoms with Crippen LogP contribution in [0.2, 0.25) is 0 Å². The first-order chi connectivity index (χ1) is 8.17. The van der Waals surface area contributed by atoms with Gasteiger partial charge in [-0.2, -0.15) is 0 Å². The van der Waals surface area contributed by atoms with Gasteiger partial charge in [-0.05, 0) is 69.1 Å². The molecule has 1 unspecified atom stereocenters. The molecule has 1 rings (SSSR count). The molecule has 96 valence electrons. The maximum Gasteiger partial charge on any atom is 0.0495 e. The van der Waals surface area contributed by atoms with Crippen LogP contribution in [0.3, 0.4) is 0 Å². The van der Waals surface area contributed by atoms with Crippen molar-refractivity contribution in [2.75, 3.05) is 11.9 Å². The number of rotatable bonds is 7. The van der Waals surface area contributed by atoms with E-state index in [1.54, 1.807) is 0 Å². The minimum absolute atomic E-state index is 0.791. The summed E-state index contributed by atoms with van der Waals surface area (Å²) < 4.78 is 2.43. The van der Waals surface area contributed by atoms with Crippen LogP contribution < -0.4 is 5.32 Å². The first-order valence-electron chi connectivity index (χ1n) is 6.36. The summed E-state index contributed by atoms with van der Waals surface area (Å²) in [4.78, 5) is 0. The Bertz CT molecular complexity index is 341. The lowest BCUT2D eigenvalue weighted by atomic mass is 9.99. The first-order valence-corrected chi connectivity index (χ1v) is 8.23. The zero-order chi connectivity index (χ0) is 12.7. The van der Waals surface area contributed by atoms with E-state index in [4.69, 9.17) is 0 Å². The number of halogens is 2. The van der Waals surface area contributed by atoms with E-state index in [2.05, 4.69) is 75.9 Å². The van der Waals surface area contributed by atoms with Crippen molar-refractivity contribution in [3.8, 4) is 0 Å². The summed E-state index contributed by atoms with van der Waals surface area (Å²) in [5.41, 5.74) is 1.21. The van der Waals surface area contributed by atoms with Crippen molar-refractivity contribution in [3.05, 3.63) is 26.2 Å². The summed E-state index contributed by atoms with van der Waals surface area (Å²) in [6, 6.07) is 6.42. The van der Waals surface area contributed by atoms with Crippen LogP contribution in [0.1, 0.15) is 39.5 Å². The minimum Gasteiger partial charge on any atom is -0.384 e. The molecule has 0 spiro atoms. The van der Waals surface area contributed by atoms with Crippen LogP contribution in [-0.2, 0) is 0 Å². The van der Waals surface area contributed by atoms with Crippen molar-refractivity contribution >= 4 is 44.2 Å². The zero-order valence-corrected chi connectivity index (χ0v) is 14.3. The summed E-state index contributed by atoms with van der Waals surface area (Å²) in [5.74, 6) is 0.791. The summed E-state index contributed by atoms with van der Waals surface area (Å²) in [5, 5.41) is 3.56. The van der Waals surface area contributed by atoms with E-state index >= 15 is 0 Å². The Kier molecular flexibility index (Phi) is 7.51. The molecule has 0 fully saturated rings. The Morgan fingerprint density at radius 2 is 2.12 bits per heavy atom. The molecule has 0 saturated heterocycles. The van der Waals surface area contributed by atoms with E-state index < -0.39 is 0 Å². The number of nitrogens with one attached hydrogen (secondary N) is 1. The molecule has 1 nitrogen and oxygen atoms in total. The number of benzene rings is 1. The zero-order valence-electron chi connectivity index (χ0n) is 10.6. The Labute approximate surface area is 127 Å². The van der Waals surface area contributed by atoms with Crippen molar-refractivity contribution in [1.29, 1.82) is 0 Å². The predicted molar refractivity (Wildman–Crippen MR) is 88.7 cm³/mol. The number of hydrogen-bond donors (Lipinski definition) is 1. The van der Waals surface area contributed by atoms with Gasteiger partial charge in [0.25, 0.3) is 0 Å². The van der Waals surface area contributed by atoms with Gasteiger partial charge in [0.05, 0.1) is 0 Å². The molecule has 0 amide bonds. The van der Waals surface area contributed by atoms with Crippen LogP contribution in [0, 0.1) is 9.49 Å². The summed E-state index contributed by atoms with van der Waals surface area (Å²) in [7, 11) is 0. The van der Waals surface area contributed by atoms with Gasteiger partial charge in [-0.3, -0.25) is 0 Å².